The number of carbonyl (C=O) groups is 2. The summed E-state index contributed by atoms with van der Waals surface area (Å²) >= 11 is 0. The van der Waals surface area contributed by atoms with E-state index >= 15 is 0 Å². The molecule has 0 saturated carbocycles. The zero-order valence-electron chi connectivity index (χ0n) is 17.4. The zero-order chi connectivity index (χ0) is 21.9. The lowest BCUT2D eigenvalue weighted by Crippen LogP contribution is -2.37. The molecule has 0 aliphatic heterocycles. The third-order valence-corrected chi connectivity index (χ3v) is 4.60. The second-order valence-corrected chi connectivity index (χ2v) is 7.06. The van der Waals surface area contributed by atoms with Crippen molar-refractivity contribution in [1.29, 1.82) is 0 Å². The molecule has 2 N–H and O–H groups in total. The van der Waals surface area contributed by atoms with Crippen LogP contribution in [0.1, 0.15) is 29.5 Å². The van der Waals surface area contributed by atoms with Crippen molar-refractivity contribution in [2.24, 2.45) is 5.10 Å². The summed E-state index contributed by atoms with van der Waals surface area (Å²) in [5.41, 5.74) is 6.13. The van der Waals surface area contributed by atoms with Crippen LogP contribution in [0.3, 0.4) is 0 Å². The third-order valence-electron chi connectivity index (χ3n) is 4.60. The number of nitrogens with one attached hydrogen (secondary N) is 2. The first kappa shape index (κ1) is 21.7. The van der Waals surface area contributed by atoms with Crippen LogP contribution in [0.4, 0.5) is 0 Å². The van der Waals surface area contributed by atoms with Crippen molar-refractivity contribution in [2.75, 3.05) is 6.54 Å². The average Bonchev–Trinajstić information content (AvgIpc) is 2.80. The van der Waals surface area contributed by atoms with Gasteiger partial charge in [-0.1, -0.05) is 97.1 Å². The SMILES string of the molecule is CC(/C=N/NC(=O)CNC(=O)C(c1ccccc1)c1ccccc1)=C\c1ccccc1. The van der Waals surface area contributed by atoms with E-state index in [1.54, 1.807) is 6.21 Å². The molecule has 2 amide bonds. The Morgan fingerprint density at radius 1 is 0.839 bits per heavy atom. The normalized spacial score (nSPS) is 11.5. The Labute approximate surface area is 182 Å². The first-order valence-corrected chi connectivity index (χ1v) is 10.1. The van der Waals surface area contributed by atoms with Crippen molar-refractivity contribution in [3.05, 3.63) is 113 Å². The van der Waals surface area contributed by atoms with E-state index in [1.807, 2.05) is 104 Å². The second-order valence-electron chi connectivity index (χ2n) is 7.06. The van der Waals surface area contributed by atoms with Gasteiger partial charge in [0.1, 0.15) is 0 Å². The maximum Gasteiger partial charge on any atom is 0.259 e. The molecule has 0 bridgehead atoms. The number of hydrogen-bond acceptors (Lipinski definition) is 3. The molecule has 0 aliphatic carbocycles. The third kappa shape index (κ3) is 6.78. The molecule has 3 rings (SSSR count). The zero-order valence-corrected chi connectivity index (χ0v) is 17.4. The van der Waals surface area contributed by atoms with Crippen LogP contribution in [-0.2, 0) is 9.59 Å². The highest BCUT2D eigenvalue weighted by Crippen LogP contribution is 2.24. The molecule has 0 spiro atoms. The Morgan fingerprint density at radius 2 is 1.35 bits per heavy atom. The van der Waals surface area contributed by atoms with Crippen LogP contribution in [0.15, 0.2) is 102 Å². The van der Waals surface area contributed by atoms with Gasteiger partial charge < -0.3 is 5.32 Å². The molecular weight excluding hydrogens is 386 g/mol. The Bertz CT molecular complexity index is 1010. The summed E-state index contributed by atoms with van der Waals surface area (Å²) < 4.78 is 0. The molecule has 0 heterocycles. The quantitative estimate of drug-likeness (QED) is 0.432. The number of nitrogens with zero attached hydrogens (tertiary/aromatic N) is 1. The highest BCUT2D eigenvalue weighted by molar-refractivity contribution is 5.91. The van der Waals surface area contributed by atoms with Crippen molar-refractivity contribution in [1.82, 2.24) is 10.7 Å². The minimum atomic E-state index is -0.491. The van der Waals surface area contributed by atoms with Crippen molar-refractivity contribution in [3.8, 4) is 0 Å². The van der Waals surface area contributed by atoms with Gasteiger partial charge in [-0.25, -0.2) is 5.43 Å². The van der Waals surface area contributed by atoms with Gasteiger partial charge in [-0.2, -0.15) is 5.10 Å². The monoisotopic (exact) mass is 411 g/mol. The minimum Gasteiger partial charge on any atom is -0.346 e. The summed E-state index contributed by atoms with van der Waals surface area (Å²) in [6.07, 6.45) is 3.53. The van der Waals surface area contributed by atoms with Crippen molar-refractivity contribution in [2.45, 2.75) is 12.8 Å². The average molecular weight is 412 g/mol. The molecule has 0 unspecified atom stereocenters. The fraction of sp³-hybridized carbons (Fsp3) is 0.115. The largest absolute Gasteiger partial charge is 0.346 e. The summed E-state index contributed by atoms with van der Waals surface area (Å²) in [4.78, 5) is 25.0. The van der Waals surface area contributed by atoms with E-state index in [0.29, 0.717) is 0 Å². The summed E-state index contributed by atoms with van der Waals surface area (Å²) in [6.45, 7) is 1.74. The fourth-order valence-corrected chi connectivity index (χ4v) is 3.15. The number of allylic oxidation sites excluding steroid dienone is 1. The molecule has 0 radical (unpaired) electrons. The number of hydrogen-bond donors (Lipinski definition) is 2. The smallest absolute Gasteiger partial charge is 0.259 e. The molecule has 156 valence electrons. The fourth-order valence-electron chi connectivity index (χ4n) is 3.15. The van der Waals surface area contributed by atoms with Gasteiger partial charge in [-0.05, 0) is 29.2 Å². The second kappa shape index (κ2) is 11.3. The molecule has 0 fully saturated rings. The van der Waals surface area contributed by atoms with Gasteiger partial charge in [0, 0.05) is 0 Å². The number of rotatable bonds is 8. The maximum atomic E-state index is 12.9. The minimum absolute atomic E-state index is 0.159. The first-order chi connectivity index (χ1) is 15.1. The van der Waals surface area contributed by atoms with Crippen LogP contribution in [-0.4, -0.2) is 24.6 Å². The van der Waals surface area contributed by atoms with Crippen molar-refractivity contribution in [3.63, 3.8) is 0 Å². The van der Waals surface area contributed by atoms with Crippen LogP contribution in [0.2, 0.25) is 0 Å². The predicted molar refractivity (Wildman–Crippen MR) is 124 cm³/mol. The predicted octanol–water partition coefficient (Wildman–Crippen LogP) is 4.14. The molecule has 0 saturated heterocycles. The molecule has 5 nitrogen and oxygen atoms in total. The van der Waals surface area contributed by atoms with Gasteiger partial charge in [0.2, 0.25) is 5.91 Å². The highest BCUT2D eigenvalue weighted by atomic mass is 16.2. The van der Waals surface area contributed by atoms with Gasteiger partial charge in [0.15, 0.2) is 0 Å². The lowest BCUT2D eigenvalue weighted by molar-refractivity contribution is -0.126. The summed E-state index contributed by atoms with van der Waals surface area (Å²) in [5.74, 6) is -1.12. The maximum absolute atomic E-state index is 12.9. The topological polar surface area (TPSA) is 70.6 Å². The molecule has 3 aromatic rings. The molecule has 5 heteroatoms. The van der Waals surface area contributed by atoms with E-state index in [4.69, 9.17) is 0 Å². The van der Waals surface area contributed by atoms with E-state index in [1.165, 1.54) is 0 Å². The lowest BCUT2D eigenvalue weighted by atomic mass is 9.90. The molecular formula is C26H25N3O2. The molecule has 0 aromatic heterocycles. The van der Waals surface area contributed by atoms with E-state index in [2.05, 4.69) is 15.8 Å². The van der Waals surface area contributed by atoms with Crippen molar-refractivity contribution >= 4 is 24.1 Å². The number of amides is 2. The van der Waals surface area contributed by atoms with Crippen LogP contribution in [0.25, 0.3) is 6.08 Å². The molecule has 0 aliphatic rings. The van der Waals surface area contributed by atoms with Gasteiger partial charge in [-0.15, -0.1) is 0 Å². The molecule has 3 aromatic carbocycles. The van der Waals surface area contributed by atoms with Gasteiger partial charge in [0.05, 0.1) is 18.7 Å². The van der Waals surface area contributed by atoms with E-state index in [9.17, 15) is 9.59 Å². The highest BCUT2D eigenvalue weighted by Gasteiger charge is 2.22. The van der Waals surface area contributed by atoms with Gasteiger partial charge >= 0.3 is 0 Å². The Morgan fingerprint density at radius 3 is 1.90 bits per heavy atom. The molecule has 31 heavy (non-hydrogen) atoms. The number of carbonyl (C=O) groups excluding carboxylic acids is 2. The van der Waals surface area contributed by atoms with E-state index in [0.717, 1.165) is 22.3 Å². The molecule has 0 atom stereocenters. The van der Waals surface area contributed by atoms with Crippen LogP contribution >= 0.6 is 0 Å². The van der Waals surface area contributed by atoms with Crippen LogP contribution < -0.4 is 10.7 Å². The van der Waals surface area contributed by atoms with Crippen molar-refractivity contribution < 1.29 is 9.59 Å². The lowest BCUT2D eigenvalue weighted by Gasteiger charge is -2.17. The summed E-state index contributed by atoms with van der Waals surface area (Å²) in [6, 6.07) is 28.9. The Kier molecular flexibility index (Phi) is 7.89. The van der Waals surface area contributed by atoms with E-state index in [-0.39, 0.29) is 12.5 Å². The summed E-state index contributed by atoms with van der Waals surface area (Å²) in [7, 11) is 0. The number of benzene rings is 3. The van der Waals surface area contributed by atoms with Gasteiger partial charge in [-0.3, -0.25) is 9.59 Å². The van der Waals surface area contributed by atoms with Gasteiger partial charge in [0.25, 0.3) is 5.91 Å². The summed E-state index contributed by atoms with van der Waals surface area (Å²) in [5, 5.41) is 6.68. The Hall–Kier alpha value is -3.99. The number of hydrazone groups is 1. The Balaban J connectivity index is 1.57. The van der Waals surface area contributed by atoms with Crippen LogP contribution in [0.5, 0.6) is 0 Å². The standard InChI is InChI=1S/C26H25N3O2/c1-20(17-21-11-5-2-6-12-21)18-28-29-24(30)19-27-26(31)25(22-13-7-3-8-14-22)23-15-9-4-10-16-23/h2-18,25H,19H2,1H3,(H,27,31)(H,29,30)/b20-17+,28-18+. The first-order valence-electron chi connectivity index (χ1n) is 10.1. The van der Waals surface area contributed by atoms with E-state index < -0.39 is 11.8 Å². The van der Waals surface area contributed by atoms with Crippen LogP contribution in [0, 0.1) is 0 Å².